The third-order valence-electron chi connectivity index (χ3n) is 1.76. The van der Waals surface area contributed by atoms with Crippen LogP contribution < -0.4 is 5.43 Å². The van der Waals surface area contributed by atoms with Crippen LogP contribution in [0, 0.1) is 11.3 Å². The summed E-state index contributed by atoms with van der Waals surface area (Å²) in [4.78, 5) is 1.75. The van der Waals surface area contributed by atoms with E-state index < -0.39 is 0 Å². The molecule has 0 bridgehead atoms. The average molecular weight is 191 g/mol. The average Bonchev–Trinajstić information content (AvgIpc) is 2.84. The van der Waals surface area contributed by atoms with Crippen LogP contribution >= 0.6 is 11.3 Å². The molecule has 2 rings (SSSR count). The second-order valence-electron chi connectivity index (χ2n) is 2.98. The Hall–Kier alpha value is -1.34. The molecule has 1 aliphatic carbocycles. The Morgan fingerprint density at radius 3 is 3.08 bits per heavy atom. The van der Waals surface area contributed by atoms with Crippen LogP contribution in [0.2, 0.25) is 0 Å². The zero-order valence-corrected chi connectivity index (χ0v) is 7.84. The number of nitrogens with one attached hydrogen (secondary N) is 1. The Labute approximate surface area is 80.7 Å². The fourth-order valence-electron chi connectivity index (χ4n) is 0.901. The normalized spacial score (nSPS) is 15.9. The second-order valence-corrected chi connectivity index (χ2v) is 4.09. The summed E-state index contributed by atoms with van der Waals surface area (Å²) in [5.41, 5.74) is 3.03. The number of rotatable bonds is 3. The molecule has 1 aliphatic rings. The summed E-state index contributed by atoms with van der Waals surface area (Å²) in [5.74, 6) is 0. The molecule has 1 saturated carbocycles. The Balaban J connectivity index is 1.92. The summed E-state index contributed by atoms with van der Waals surface area (Å²) in [7, 11) is 0. The molecule has 0 spiro atoms. The van der Waals surface area contributed by atoms with Crippen molar-refractivity contribution in [2.75, 3.05) is 0 Å². The van der Waals surface area contributed by atoms with Crippen LogP contribution in [0.25, 0.3) is 0 Å². The van der Waals surface area contributed by atoms with Crippen LogP contribution in [0.4, 0.5) is 0 Å². The minimum Gasteiger partial charge on any atom is -0.307 e. The highest BCUT2D eigenvalue weighted by Crippen LogP contribution is 2.18. The Morgan fingerprint density at radius 1 is 1.62 bits per heavy atom. The quantitative estimate of drug-likeness (QED) is 0.584. The van der Waals surface area contributed by atoms with E-state index in [2.05, 4.69) is 16.6 Å². The Bertz CT molecular complexity index is 357. The number of hydrazone groups is 1. The molecule has 4 heteroatoms. The van der Waals surface area contributed by atoms with Crippen LogP contribution in [-0.2, 0) is 0 Å². The maximum absolute atomic E-state index is 8.57. The first-order valence-corrected chi connectivity index (χ1v) is 4.98. The van der Waals surface area contributed by atoms with Crippen molar-refractivity contribution in [2.24, 2.45) is 5.10 Å². The molecule has 0 amide bonds. The zero-order chi connectivity index (χ0) is 9.10. The zero-order valence-electron chi connectivity index (χ0n) is 7.03. The van der Waals surface area contributed by atoms with E-state index in [9.17, 15) is 0 Å². The van der Waals surface area contributed by atoms with Gasteiger partial charge in [0.1, 0.15) is 10.9 Å². The van der Waals surface area contributed by atoms with Gasteiger partial charge in [-0.25, -0.2) is 0 Å². The third kappa shape index (κ3) is 2.30. The second kappa shape index (κ2) is 3.58. The Kier molecular flexibility index (Phi) is 2.28. The number of hydrogen-bond acceptors (Lipinski definition) is 4. The van der Waals surface area contributed by atoms with E-state index in [1.807, 2.05) is 12.1 Å². The molecule has 13 heavy (non-hydrogen) atoms. The van der Waals surface area contributed by atoms with E-state index in [-0.39, 0.29) is 0 Å². The highest BCUT2D eigenvalue weighted by molar-refractivity contribution is 7.14. The van der Waals surface area contributed by atoms with E-state index in [1.165, 1.54) is 24.2 Å². The van der Waals surface area contributed by atoms with E-state index >= 15 is 0 Å². The molecular weight excluding hydrogens is 182 g/mol. The minimum absolute atomic E-state index is 0.589. The fraction of sp³-hybridized carbons (Fsp3) is 0.333. The highest BCUT2D eigenvalue weighted by Gasteiger charge is 2.19. The van der Waals surface area contributed by atoms with E-state index in [1.54, 1.807) is 6.21 Å². The van der Waals surface area contributed by atoms with Gasteiger partial charge in [0.2, 0.25) is 0 Å². The largest absolute Gasteiger partial charge is 0.307 e. The maximum Gasteiger partial charge on any atom is 0.110 e. The topological polar surface area (TPSA) is 48.2 Å². The summed E-state index contributed by atoms with van der Waals surface area (Å²) in [5, 5.41) is 12.7. The van der Waals surface area contributed by atoms with Crippen LogP contribution in [0.3, 0.4) is 0 Å². The summed E-state index contributed by atoms with van der Waals surface area (Å²) >= 11 is 1.45. The monoisotopic (exact) mass is 191 g/mol. The van der Waals surface area contributed by atoms with Gasteiger partial charge >= 0.3 is 0 Å². The SMILES string of the molecule is N#Cc1ccc(/C=N/NC2CC2)s1. The molecule has 0 aliphatic heterocycles. The van der Waals surface area contributed by atoms with E-state index in [0.29, 0.717) is 6.04 Å². The van der Waals surface area contributed by atoms with Gasteiger partial charge < -0.3 is 5.43 Å². The standard InChI is InChI=1S/C9H9N3S/c10-5-8-3-4-9(13-8)6-11-12-7-1-2-7/h3-4,6-7,12H,1-2H2/b11-6+. The highest BCUT2D eigenvalue weighted by atomic mass is 32.1. The van der Waals surface area contributed by atoms with E-state index in [4.69, 9.17) is 5.26 Å². The van der Waals surface area contributed by atoms with Gasteiger partial charge in [0.15, 0.2) is 0 Å². The number of thiophene rings is 1. The molecule has 0 unspecified atom stereocenters. The maximum atomic E-state index is 8.57. The van der Waals surface area contributed by atoms with Crippen molar-refractivity contribution < 1.29 is 0 Å². The van der Waals surface area contributed by atoms with Crippen molar-refractivity contribution in [2.45, 2.75) is 18.9 Å². The van der Waals surface area contributed by atoms with Gasteiger partial charge in [-0.05, 0) is 25.0 Å². The first kappa shape index (κ1) is 8.27. The molecule has 1 aromatic heterocycles. The summed E-state index contributed by atoms with van der Waals surface area (Å²) < 4.78 is 0. The molecule has 0 atom stereocenters. The van der Waals surface area contributed by atoms with E-state index in [0.717, 1.165) is 9.75 Å². The van der Waals surface area contributed by atoms with Gasteiger partial charge in [-0.3, -0.25) is 0 Å². The third-order valence-corrected chi connectivity index (χ3v) is 2.69. The molecule has 0 radical (unpaired) electrons. The molecule has 3 nitrogen and oxygen atoms in total. The molecule has 1 N–H and O–H groups in total. The molecule has 1 heterocycles. The van der Waals surface area contributed by atoms with Gasteiger partial charge in [-0.2, -0.15) is 10.4 Å². The molecule has 1 fully saturated rings. The lowest BCUT2D eigenvalue weighted by atomic mass is 10.4. The van der Waals surface area contributed by atoms with Crippen LogP contribution in [0.5, 0.6) is 0 Å². The summed E-state index contributed by atoms with van der Waals surface area (Å²) in [6, 6.07) is 6.40. The smallest absolute Gasteiger partial charge is 0.110 e. The molecule has 66 valence electrons. The molecule has 0 saturated heterocycles. The number of hydrogen-bond donors (Lipinski definition) is 1. The van der Waals surface area contributed by atoms with Crippen molar-refractivity contribution in [3.63, 3.8) is 0 Å². The molecule has 1 aromatic rings. The lowest BCUT2D eigenvalue weighted by Gasteiger charge is -1.91. The van der Waals surface area contributed by atoms with Crippen molar-refractivity contribution in [3.05, 3.63) is 21.9 Å². The van der Waals surface area contributed by atoms with Gasteiger partial charge in [0.25, 0.3) is 0 Å². The van der Waals surface area contributed by atoms with Crippen LogP contribution in [0.1, 0.15) is 22.6 Å². The minimum atomic E-state index is 0.589. The predicted molar refractivity (Wildman–Crippen MR) is 52.8 cm³/mol. The lowest BCUT2D eigenvalue weighted by Crippen LogP contribution is -2.07. The van der Waals surface area contributed by atoms with Crippen molar-refractivity contribution in [1.82, 2.24) is 5.43 Å². The summed E-state index contributed by atoms with van der Waals surface area (Å²) in [6.07, 6.45) is 4.22. The van der Waals surface area contributed by atoms with Gasteiger partial charge in [-0.1, -0.05) is 0 Å². The van der Waals surface area contributed by atoms with Crippen molar-refractivity contribution >= 4 is 17.6 Å². The van der Waals surface area contributed by atoms with Gasteiger partial charge in [0.05, 0.1) is 6.21 Å². The van der Waals surface area contributed by atoms with Crippen molar-refractivity contribution in [3.8, 4) is 6.07 Å². The molecule has 0 aromatic carbocycles. The van der Waals surface area contributed by atoms with Crippen molar-refractivity contribution in [1.29, 1.82) is 5.26 Å². The first-order chi connectivity index (χ1) is 6.38. The van der Waals surface area contributed by atoms with Gasteiger partial charge in [0, 0.05) is 10.9 Å². The first-order valence-electron chi connectivity index (χ1n) is 4.17. The predicted octanol–water partition coefficient (Wildman–Crippen LogP) is 1.71. The summed E-state index contributed by atoms with van der Waals surface area (Å²) in [6.45, 7) is 0. The van der Waals surface area contributed by atoms with Crippen LogP contribution in [0.15, 0.2) is 17.2 Å². The van der Waals surface area contributed by atoms with Gasteiger partial charge in [-0.15, -0.1) is 11.3 Å². The fourth-order valence-corrected chi connectivity index (χ4v) is 1.58. The Morgan fingerprint density at radius 2 is 2.46 bits per heavy atom. The number of nitrogens with zero attached hydrogens (tertiary/aromatic N) is 2. The number of nitriles is 1. The van der Waals surface area contributed by atoms with Crippen LogP contribution in [-0.4, -0.2) is 12.3 Å². The lowest BCUT2D eigenvalue weighted by molar-refractivity contribution is 0.742. The molecular formula is C9H9N3S.